The quantitative estimate of drug-likeness (QED) is 0.621. The van der Waals surface area contributed by atoms with Crippen molar-refractivity contribution in [1.82, 2.24) is 14.8 Å². The van der Waals surface area contributed by atoms with Crippen molar-refractivity contribution < 1.29 is 0 Å². The maximum Gasteiger partial charge on any atom is 0.240 e. The van der Waals surface area contributed by atoms with Gasteiger partial charge in [-0.2, -0.15) is 10.1 Å². The number of nitrogens with zero attached hydrogens (tertiary/aromatic N) is 3. The normalized spacial score (nSPS) is 11.1. The summed E-state index contributed by atoms with van der Waals surface area (Å²) < 4.78 is 1.21. The summed E-state index contributed by atoms with van der Waals surface area (Å²) in [5, 5.41) is 12.8. The lowest BCUT2D eigenvalue weighted by Crippen LogP contribution is -2.29. The average Bonchev–Trinajstić information content (AvgIpc) is 2.37. The number of anilines is 1. The topological polar surface area (TPSA) is 80.6 Å². The lowest BCUT2D eigenvalue weighted by Gasteiger charge is -2.12. The van der Waals surface area contributed by atoms with Crippen molar-refractivity contribution in [2.24, 2.45) is 0 Å². The Labute approximate surface area is 145 Å². The fourth-order valence-electron chi connectivity index (χ4n) is 1.62. The molecule has 0 aliphatic heterocycles. The van der Waals surface area contributed by atoms with Crippen LogP contribution in [0.3, 0.4) is 0 Å². The highest BCUT2D eigenvalue weighted by atomic mass is 35.5. The van der Waals surface area contributed by atoms with Crippen molar-refractivity contribution in [3.8, 4) is 11.3 Å². The van der Waals surface area contributed by atoms with Crippen molar-refractivity contribution in [3.63, 3.8) is 0 Å². The van der Waals surface area contributed by atoms with Crippen LogP contribution in [0.5, 0.6) is 0 Å². The Kier molecular flexibility index (Phi) is 5.22. The van der Waals surface area contributed by atoms with E-state index in [0.29, 0.717) is 10.6 Å². The molecular weight excluding hydrogens is 379 g/mol. The minimum absolute atomic E-state index is 0.0252. The van der Waals surface area contributed by atoms with Crippen LogP contribution in [0.25, 0.3) is 11.3 Å². The molecule has 0 atom stereocenters. The van der Waals surface area contributed by atoms with Crippen LogP contribution >= 0.6 is 58.0 Å². The standard InChI is InChI=1S/C11H8Cl5N5/c12-4-1-5(8(16)6(13)2-4)9-10(17)19-11(18)21(20-9)3-7(14)15/h1-2,7H,3H2,(H3,17,18,19). The molecule has 2 rings (SSSR count). The van der Waals surface area contributed by atoms with Crippen LogP contribution in [0, 0.1) is 5.41 Å². The molecule has 3 N–H and O–H groups in total. The molecule has 0 saturated heterocycles. The minimum Gasteiger partial charge on any atom is -0.382 e. The summed E-state index contributed by atoms with van der Waals surface area (Å²) in [7, 11) is 0. The zero-order valence-electron chi connectivity index (χ0n) is 10.2. The van der Waals surface area contributed by atoms with Crippen molar-refractivity contribution >= 4 is 63.8 Å². The third kappa shape index (κ3) is 3.73. The third-order valence-electron chi connectivity index (χ3n) is 2.49. The van der Waals surface area contributed by atoms with Gasteiger partial charge in [0.15, 0.2) is 5.82 Å². The second-order valence-electron chi connectivity index (χ2n) is 3.99. The summed E-state index contributed by atoms with van der Waals surface area (Å²) in [5.41, 5.74) is 6.29. The SMILES string of the molecule is N=c1nc(N)c(-c2cc(Cl)cc(Cl)c2Cl)nn1CC(Cl)Cl. The lowest BCUT2D eigenvalue weighted by atomic mass is 10.1. The number of benzene rings is 1. The lowest BCUT2D eigenvalue weighted by molar-refractivity contribution is 0.568. The van der Waals surface area contributed by atoms with Gasteiger partial charge in [0.2, 0.25) is 5.62 Å². The Hall–Kier alpha value is -0.720. The van der Waals surface area contributed by atoms with Gasteiger partial charge in [-0.25, -0.2) is 4.68 Å². The van der Waals surface area contributed by atoms with E-state index in [1.54, 1.807) is 6.07 Å². The Morgan fingerprint density at radius 2 is 1.90 bits per heavy atom. The molecule has 2 aromatic rings. The molecule has 0 bridgehead atoms. The van der Waals surface area contributed by atoms with E-state index in [2.05, 4.69) is 10.1 Å². The second-order valence-corrected chi connectivity index (χ2v) is 6.49. The number of hydrogen-bond donors (Lipinski definition) is 2. The largest absolute Gasteiger partial charge is 0.382 e. The van der Waals surface area contributed by atoms with Gasteiger partial charge >= 0.3 is 0 Å². The van der Waals surface area contributed by atoms with Gasteiger partial charge in [-0.15, -0.1) is 23.2 Å². The number of nitrogens with one attached hydrogen (secondary N) is 1. The predicted octanol–water partition coefficient (Wildman–Crippen LogP) is 3.77. The molecule has 0 aliphatic carbocycles. The van der Waals surface area contributed by atoms with Crippen molar-refractivity contribution in [2.45, 2.75) is 11.4 Å². The van der Waals surface area contributed by atoms with Crippen molar-refractivity contribution in [2.75, 3.05) is 5.73 Å². The molecule has 0 aliphatic rings. The number of alkyl halides is 2. The first kappa shape index (κ1) is 16.6. The van der Waals surface area contributed by atoms with E-state index < -0.39 is 4.84 Å². The Balaban J connectivity index is 2.67. The molecule has 5 nitrogen and oxygen atoms in total. The number of hydrogen-bond acceptors (Lipinski definition) is 4. The van der Waals surface area contributed by atoms with Crippen LogP contribution in [0.4, 0.5) is 5.82 Å². The highest BCUT2D eigenvalue weighted by molar-refractivity contribution is 6.45. The molecule has 0 radical (unpaired) electrons. The summed E-state index contributed by atoms with van der Waals surface area (Å²) in [6, 6.07) is 3.06. The molecular formula is C11H8Cl5N5. The summed E-state index contributed by atoms with van der Waals surface area (Å²) >= 11 is 29.5. The van der Waals surface area contributed by atoms with Gasteiger partial charge in [-0.05, 0) is 12.1 Å². The van der Waals surface area contributed by atoms with E-state index in [1.807, 2.05) is 0 Å². The number of nitrogen functional groups attached to an aromatic ring is 1. The first-order valence-corrected chi connectivity index (χ1v) is 7.52. The molecule has 1 aromatic heterocycles. The van der Waals surface area contributed by atoms with Gasteiger partial charge in [0.05, 0.1) is 16.6 Å². The Morgan fingerprint density at radius 1 is 1.24 bits per heavy atom. The van der Waals surface area contributed by atoms with Crippen molar-refractivity contribution in [1.29, 1.82) is 5.41 Å². The second kappa shape index (κ2) is 6.58. The summed E-state index contributed by atoms with van der Waals surface area (Å²) in [4.78, 5) is 3.14. The van der Waals surface area contributed by atoms with Crippen LogP contribution < -0.4 is 11.4 Å². The van der Waals surface area contributed by atoms with Crippen LogP contribution in [0.1, 0.15) is 0 Å². The highest BCUT2D eigenvalue weighted by Gasteiger charge is 2.16. The third-order valence-corrected chi connectivity index (χ3v) is 3.79. The summed E-state index contributed by atoms with van der Waals surface area (Å²) in [6.07, 6.45) is 0. The molecule has 1 heterocycles. The number of rotatable bonds is 3. The van der Waals surface area contributed by atoms with E-state index >= 15 is 0 Å². The van der Waals surface area contributed by atoms with Gasteiger partial charge in [0.1, 0.15) is 10.5 Å². The molecule has 21 heavy (non-hydrogen) atoms. The van der Waals surface area contributed by atoms with E-state index in [1.165, 1.54) is 10.7 Å². The maximum atomic E-state index is 7.71. The van der Waals surface area contributed by atoms with Gasteiger partial charge in [-0.1, -0.05) is 34.8 Å². The molecule has 0 spiro atoms. The van der Waals surface area contributed by atoms with Crippen LogP contribution in [-0.2, 0) is 6.54 Å². The van der Waals surface area contributed by atoms with Crippen LogP contribution in [-0.4, -0.2) is 19.6 Å². The first-order valence-electron chi connectivity index (χ1n) is 5.52. The van der Waals surface area contributed by atoms with Crippen LogP contribution in [0.2, 0.25) is 15.1 Å². The van der Waals surface area contributed by atoms with Crippen molar-refractivity contribution in [3.05, 3.63) is 32.8 Å². The Morgan fingerprint density at radius 3 is 2.52 bits per heavy atom. The minimum atomic E-state index is -0.747. The summed E-state index contributed by atoms with van der Waals surface area (Å²) in [5.74, 6) is 0.0252. The van der Waals surface area contributed by atoms with Crippen LogP contribution in [0.15, 0.2) is 12.1 Å². The first-order chi connectivity index (χ1) is 9.79. The molecule has 0 amide bonds. The average molecular weight is 387 g/mol. The van der Waals surface area contributed by atoms with Gasteiger partial charge in [-0.3, -0.25) is 5.41 Å². The smallest absolute Gasteiger partial charge is 0.240 e. The number of aromatic nitrogens is 3. The number of halogens is 5. The highest BCUT2D eigenvalue weighted by Crippen LogP contribution is 2.36. The fraction of sp³-hybridized carbons (Fsp3) is 0.182. The molecule has 0 fully saturated rings. The predicted molar refractivity (Wildman–Crippen MR) is 86.2 cm³/mol. The fourth-order valence-corrected chi connectivity index (χ4v) is 2.58. The maximum absolute atomic E-state index is 7.71. The molecule has 10 heteroatoms. The monoisotopic (exact) mass is 385 g/mol. The number of nitrogens with two attached hydrogens (primary N) is 1. The molecule has 112 valence electrons. The molecule has 1 aromatic carbocycles. The van der Waals surface area contributed by atoms with E-state index in [9.17, 15) is 0 Å². The van der Waals surface area contributed by atoms with E-state index in [4.69, 9.17) is 69.1 Å². The zero-order chi connectivity index (χ0) is 15.7. The Bertz CT molecular complexity index is 743. The van der Waals surface area contributed by atoms with Gasteiger partial charge in [0, 0.05) is 10.6 Å². The van der Waals surface area contributed by atoms with Gasteiger partial charge in [0.25, 0.3) is 0 Å². The van der Waals surface area contributed by atoms with E-state index in [-0.39, 0.29) is 33.7 Å². The molecule has 0 unspecified atom stereocenters. The molecule has 0 saturated carbocycles. The van der Waals surface area contributed by atoms with E-state index in [0.717, 1.165) is 0 Å². The summed E-state index contributed by atoms with van der Waals surface area (Å²) in [6.45, 7) is 0.0775. The van der Waals surface area contributed by atoms with Gasteiger partial charge < -0.3 is 5.73 Å². The zero-order valence-corrected chi connectivity index (χ0v) is 14.0.